The number of thiol groups is 1. The molecule has 0 amide bonds. The number of aromatic amines is 1. The van der Waals surface area contributed by atoms with E-state index in [2.05, 4.69) is 17.6 Å². The van der Waals surface area contributed by atoms with Crippen LogP contribution in [-0.2, 0) is 0 Å². The molecule has 2 aromatic rings. The second kappa shape index (κ2) is 4.21. The van der Waals surface area contributed by atoms with E-state index in [0.717, 1.165) is 10.4 Å². The first-order chi connectivity index (χ1) is 5.86. The summed E-state index contributed by atoms with van der Waals surface area (Å²) in [5, 5.41) is 1.22. The Balaban J connectivity index is 0.000000336. The van der Waals surface area contributed by atoms with E-state index in [0.29, 0.717) is 0 Å². The molecule has 1 N–H and O–H groups in total. The van der Waals surface area contributed by atoms with Crippen molar-refractivity contribution in [3.63, 3.8) is 0 Å². The summed E-state index contributed by atoms with van der Waals surface area (Å²) in [7, 11) is 0. The molecule has 0 atom stereocenters. The standard InChI is InChI=1S/C8H7NS.C2H6/c10-7-1-2-8-6(5-7)3-4-9-8;1-2/h1-5,9-10H;1-2H3. The number of rotatable bonds is 0. The van der Waals surface area contributed by atoms with E-state index >= 15 is 0 Å². The van der Waals surface area contributed by atoms with Crippen molar-refractivity contribution in [1.29, 1.82) is 0 Å². The van der Waals surface area contributed by atoms with Crippen LogP contribution in [0.3, 0.4) is 0 Å². The molecule has 2 rings (SSSR count). The Morgan fingerprint density at radius 1 is 1.17 bits per heavy atom. The lowest BCUT2D eigenvalue weighted by molar-refractivity contribution is 1.46. The number of nitrogens with one attached hydrogen (secondary N) is 1. The van der Waals surface area contributed by atoms with Crippen molar-refractivity contribution in [3.8, 4) is 0 Å². The van der Waals surface area contributed by atoms with Crippen molar-refractivity contribution < 1.29 is 0 Å². The predicted octanol–water partition coefficient (Wildman–Crippen LogP) is 3.48. The lowest BCUT2D eigenvalue weighted by Gasteiger charge is -1.89. The lowest BCUT2D eigenvalue weighted by atomic mass is 10.2. The van der Waals surface area contributed by atoms with Crippen LogP contribution in [0.5, 0.6) is 0 Å². The molecule has 0 unspecified atom stereocenters. The minimum absolute atomic E-state index is 1.01. The summed E-state index contributed by atoms with van der Waals surface area (Å²) in [5.41, 5.74) is 1.16. The van der Waals surface area contributed by atoms with E-state index in [4.69, 9.17) is 0 Å². The van der Waals surface area contributed by atoms with Crippen LogP contribution in [0.2, 0.25) is 0 Å². The van der Waals surface area contributed by atoms with Gasteiger partial charge in [-0.3, -0.25) is 0 Å². The van der Waals surface area contributed by atoms with Gasteiger partial charge in [0.25, 0.3) is 0 Å². The Morgan fingerprint density at radius 2 is 1.92 bits per heavy atom. The fraction of sp³-hybridized carbons (Fsp3) is 0.200. The normalized spacial score (nSPS) is 9.25. The van der Waals surface area contributed by atoms with Crippen LogP contribution in [0.15, 0.2) is 35.4 Å². The van der Waals surface area contributed by atoms with Crippen LogP contribution in [0, 0.1) is 0 Å². The highest BCUT2D eigenvalue weighted by Gasteiger charge is 1.91. The largest absolute Gasteiger partial charge is 0.361 e. The average Bonchev–Trinajstić information content (AvgIpc) is 2.54. The van der Waals surface area contributed by atoms with Crippen molar-refractivity contribution >= 4 is 23.5 Å². The Labute approximate surface area is 78.2 Å². The quantitative estimate of drug-likeness (QED) is 0.576. The highest BCUT2D eigenvalue weighted by Crippen LogP contribution is 2.15. The molecule has 1 aromatic heterocycles. The summed E-state index contributed by atoms with van der Waals surface area (Å²) < 4.78 is 0. The summed E-state index contributed by atoms with van der Waals surface area (Å²) >= 11 is 4.22. The highest BCUT2D eigenvalue weighted by atomic mass is 32.1. The summed E-state index contributed by atoms with van der Waals surface area (Å²) in [4.78, 5) is 4.12. The number of aromatic nitrogens is 1. The molecule has 0 saturated carbocycles. The van der Waals surface area contributed by atoms with Gasteiger partial charge >= 0.3 is 0 Å². The monoisotopic (exact) mass is 179 g/mol. The van der Waals surface area contributed by atoms with Crippen LogP contribution in [-0.4, -0.2) is 4.98 Å². The fourth-order valence-electron chi connectivity index (χ4n) is 1.04. The smallest absolute Gasteiger partial charge is 0.0454 e. The lowest BCUT2D eigenvalue weighted by Crippen LogP contribution is -1.66. The van der Waals surface area contributed by atoms with Gasteiger partial charge in [0.2, 0.25) is 0 Å². The summed E-state index contributed by atoms with van der Waals surface area (Å²) in [6.07, 6.45) is 1.93. The minimum Gasteiger partial charge on any atom is -0.361 e. The van der Waals surface area contributed by atoms with Crippen molar-refractivity contribution in [2.45, 2.75) is 18.7 Å². The fourth-order valence-corrected chi connectivity index (χ4v) is 1.25. The highest BCUT2D eigenvalue weighted by molar-refractivity contribution is 7.80. The zero-order chi connectivity index (χ0) is 8.97. The van der Waals surface area contributed by atoms with E-state index in [-0.39, 0.29) is 0 Å². The molecular formula is C10H13NS. The van der Waals surface area contributed by atoms with Crippen LogP contribution < -0.4 is 0 Å². The van der Waals surface area contributed by atoms with Crippen LogP contribution >= 0.6 is 12.6 Å². The zero-order valence-corrected chi connectivity index (χ0v) is 8.23. The molecule has 2 heteroatoms. The van der Waals surface area contributed by atoms with E-state index in [1.54, 1.807) is 0 Å². The second-order valence-electron chi connectivity index (χ2n) is 2.25. The third-order valence-electron chi connectivity index (χ3n) is 1.54. The molecule has 12 heavy (non-hydrogen) atoms. The summed E-state index contributed by atoms with van der Waals surface area (Å²) in [6.45, 7) is 4.00. The third-order valence-corrected chi connectivity index (χ3v) is 1.82. The van der Waals surface area contributed by atoms with Gasteiger partial charge in [-0.15, -0.1) is 12.6 Å². The van der Waals surface area contributed by atoms with Gasteiger partial charge in [-0.25, -0.2) is 0 Å². The molecule has 0 bridgehead atoms. The van der Waals surface area contributed by atoms with Gasteiger partial charge in [0.15, 0.2) is 0 Å². The maximum absolute atomic E-state index is 4.22. The molecular weight excluding hydrogens is 166 g/mol. The Bertz CT molecular complexity index is 351. The molecule has 1 aromatic carbocycles. The van der Waals surface area contributed by atoms with Gasteiger partial charge in [0.05, 0.1) is 0 Å². The van der Waals surface area contributed by atoms with Gasteiger partial charge in [-0.1, -0.05) is 13.8 Å². The van der Waals surface area contributed by atoms with Gasteiger partial charge in [-0.05, 0) is 24.3 Å². The van der Waals surface area contributed by atoms with E-state index < -0.39 is 0 Å². The van der Waals surface area contributed by atoms with Gasteiger partial charge < -0.3 is 4.98 Å². The maximum atomic E-state index is 4.22. The maximum Gasteiger partial charge on any atom is 0.0454 e. The van der Waals surface area contributed by atoms with Gasteiger partial charge in [0, 0.05) is 22.0 Å². The minimum atomic E-state index is 1.01. The first kappa shape index (κ1) is 9.20. The number of benzene rings is 1. The molecule has 64 valence electrons. The summed E-state index contributed by atoms with van der Waals surface area (Å²) in [6, 6.07) is 8.07. The molecule has 1 heterocycles. The van der Waals surface area contributed by atoms with Crippen molar-refractivity contribution in [2.75, 3.05) is 0 Å². The van der Waals surface area contributed by atoms with E-state index in [1.807, 2.05) is 44.3 Å². The van der Waals surface area contributed by atoms with Crippen molar-refractivity contribution in [2.24, 2.45) is 0 Å². The number of hydrogen-bond acceptors (Lipinski definition) is 1. The molecule has 0 aliphatic rings. The summed E-state index contributed by atoms with van der Waals surface area (Å²) in [5.74, 6) is 0. The van der Waals surface area contributed by atoms with Crippen LogP contribution in [0.4, 0.5) is 0 Å². The van der Waals surface area contributed by atoms with Crippen LogP contribution in [0.1, 0.15) is 13.8 Å². The molecule has 0 aliphatic carbocycles. The Hall–Kier alpha value is -0.890. The zero-order valence-electron chi connectivity index (χ0n) is 7.33. The van der Waals surface area contributed by atoms with Gasteiger partial charge in [0.1, 0.15) is 0 Å². The molecule has 0 aliphatic heterocycles. The van der Waals surface area contributed by atoms with E-state index in [1.165, 1.54) is 5.39 Å². The second-order valence-corrected chi connectivity index (χ2v) is 2.77. The van der Waals surface area contributed by atoms with Crippen molar-refractivity contribution in [3.05, 3.63) is 30.5 Å². The predicted molar refractivity (Wildman–Crippen MR) is 56.9 cm³/mol. The number of H-pyrrole nitrogens is 1. The first-order valence-electron chi connectivity index (χ1n) is 4.12. The molecule has 0 spiro atoms. The van der Waals surface area contributed by atoms with Gasteiger partial charge in [-0.2, -0.15) is 0 Å². The molecule has 0 fully saturated rings. The third kappa shape index (κ3) is 1.83. The average molecular weight is 179 g/mol. The molecule has 0 radical (unpaired) electrons. The number of fused-ring (bicyclic) bond motifs is 1. The number of hydrogen-bond donors (Lipinski definition) is 2. The SMILES string of the molecule is CC.Sc1ccc2[nH]ccc2c1. The first-order valence-corrected chi connectivity index (χ1v) is 4.57. The van der Waals surface area contributed by atoms with Crippen LogP contribution in [0.25, 0.3) is 10.9 Å². The topological polar surface area (TPSA) is 15.8 Å². The molecule has 0 saturated heterocycles. The Morgan fingerprint density at radius 3 is 2.67 bits per heavy atom. The molecule has 1 nitrogen and oxygen atoms in total. The van der Waals surface area contributed by atoms with E-state index in [9.17, 15) is 0 Å². The van der Waals surface area contributed by atoms with Crippen molar-refractivity contribution in [1.82, 2.24) is 4.98 Å². The Kier molecular flexibility index (Phi) is 3.23.